The minimum absolute atomic E-state index is 0.0936. The number of ether oxygens (including phenoxy) is 1. The molecule has 3 rings (SSSR count). The topological polar surface area (TPSA) is 238 Å². The first-order valence-corrected chi connectivity index (χ1v) is 14.6. The molecule has 0 bridgehead atoms. The van der Waals surface area contributed by atoms with Gasteiger partial charge in [-0.3, -0.25) is 15.0 Å². The summed E-state index contributed by atoms with van der Waals surface area (Å²) in [5, 5.41) is 61.7. The number of benzene rings is 2. The first-order chi connectivity index (χ1) is 21.7. The van der Waals surface area contributed by atoms with E-state index < -0.39 is 60.7 Å². The summed E-state index contributed by atoms with van der Waals surface area (Å²) in [6.45, 7) is 2.67. The second-order valence-corrected chi connectivity index (χ2v) is 10.9. The van der Waals surface area contributed by atoms with Crippen LogP contribution < -0.4 is 16.3 Å². The molecule has 1 aromatic heterocycles. The third-order valence-electron chi connectivity index (χ3n) is 6.25. The van der Waals surface area contributed by atoms with Gasteiger partial charge in [0.1, 0.15) is 18.3 Å². The van der Waals surface area contributed by atoms with Gasteiger partial charge in [-0.25, -0.2) is 9.80 Å². The molecule has 15 nitrogen and oxygen atoms in total. The summed E-state index contributed by atoms with van der Waals surface area (Å²) in [7, 11) is 1.57. The average Bonchev–Trinajstić information content (AvgIpc) is 3.46. The Kier molecular flexibility index (Phi) is 16.0. The molecular formula is C30H41ClN4O11. The van der Waals surface area contributed by atoms with E-state index in [9.17, 15) is 24.6 Å². The van der Waals surface area contributed by atoms with Crippen molar-refractivity contribution in [2.75, 3.05) is 26.7 Å². The lowest BCUT2D eigenvalue weighted by Gasteiger charge is -2.25. The number of nitrogens with one attached hydrogen (secondary N) is 3. The molecule has 0 aliphatic rings. The molecule has 0 saturated carbocycles. The molecule has 9 N–H and O–H groups in total. The molecule has 5 atom stereocenters. The van der Waals surface area contributed by atoms with Gasteiger partial charge < -0.3 is 45.2 Å². The van der Waals surface area contributed by atoms with Crippen LogP contribution in [-0.2, 0) is 16.1 Å². The summed E-state index contributed by atoms with van der Waals surface area (Å²) in [6.07, 6.45) is -7.55. The zero-order valence-electron chi connectivity index (χ0n) is 25.5. The first kappa shape index (κ1) is 38.5. The zero-order chi connectivity index (χ0) is 34.4. The number of hydrogen-bond acceptors (Lipinski definition) is 13. The lowest BCUT2D eigenvalue weighted by molar-refractivity contribution is -0.158. The number of aliphatic hydroxyl groups is 6. The van der Waals surface area contributed by atoms with E-state index in [1.165, 1.54) is 5.01 Å². The highest BCUT2D eigenvalue weighted by atomic mass is 35.5. The maximum absolute atomic E-state index is 12.4. The van der Waals surface area contributed by atoms with Crippen molar-refractivity contribution >= 4 is 23.5 Å². The van der Waals surface area contributed by atoms with Gasteiger partial charge in [-0.1, -0.05) is 48.0 Å². The van der Waals surface area contributed by atoms with E-state index in [1.54, 1.807) is 27.0 Å². The number of rotatable bonds is 15. The number of aromatic nitrogens is 1. The number of carbonyl (C=O) groups excluding carboxylic acids is 2. The number of hydrazine groups is 1. The van der Waals surface area contributed by atoms with Crippen molar-refractivity contribution in [1.29, 1.82) is 0 Å². The van der Waals surface area contributed by atoms with E-state index >= 15 is 0 Å². The fourth-order valence-electron chi connectivity index (χ4n) is 3.92. The molecule has 0 fully saturated rings. The Morgan fingerprint density at radius 1 is 0.978 bits per heavy atom. The van der Waals surface area contributed by atoms with Gasteiger partial charge in [0.25, 0.3) is 5.56 Å². The smallest absolute Gasteiger partial charge is 0.336 e. The van der Waals surface area contributed by atoms with Crippen LogP contribution >= 0.6 is 11.6 Å². The minimum atomic E-state index is -1.55. The molecule has 0 saturated heterocycles. The van der Waals surface area contributed by atoms with Crippen molar-refractivity contribution in [2.24, 2.45) is 0 Å². The summed E-state index contributed by atoms with van der Waals surface area (Å²) in [6, 6.07) is 15.9. The van der Waals surface area contributed by atoms with E-state index in [-0.39, 0.29) is 25.4 Å². The fourth-order valence-corrected chi connectivity index (χ4v) is 4.11. The second kappa shape index (κ2) is 19.1. The number of aliphatic hydroxyl groups excluding tert-OH is 6. The number of hydrogen-bond donors (Lipinski definition) is 9. The monoisotopic (exact) mass is 668 g/mol. The van der Waals surface area contributed by atoms with Crippen molar-refractivity contribution in [3.05, 3.63) is 81.3 Å². The van der Waals surface area contributed by atoms with Crippen LogP contribution in [-0.4, -0.2) is 116 Å². The number of halogens is 1. The van der Waals surface area contributed by atoms with E-state index in [0.717, 1.165) is 22.8 Å². The maximum atomic E-state index is 12.4. The highest BCUT2D eigenvalue weighted by Crippen LogP contribution is 2.23. The Bertz CT molecular complexity index is 1420. The number of amides is 1. The number of likely N-dealkylation sites (N-methyl/N-ethyl adjacent to an activating group) is 1. The zero-order valence-corrected chi connectivity index (χ0v) is 26.3. The molecule has 0 spiro atoms. The van der Waals surface area contributed by atoms with E-state index in [4.69, 9.17) is 41.3 Å². The molecule has 0 unspecified atom stereocenters. The molecule has 3 aromatic rings. The quantitative estimate of drug-likeness (QED) is 0.0727. The van der Waals surface area contributed by atoms with Crippen LogP contribution in [0.4, 0.5) is 0 Å². The molecule has 254 valence electrons. The number of carbonyl (C=O) groups is 2. The lowest BCUT2D eigenvalue weighted by atomic mass is 10.0. The van der Waals surface area contributed by atoms with Crippen molar-refractivity contribution in [3.8, 4) is 11.1 Å². The number of esters is 1. The summed E-state index contributed by atoms with van der Waals surface area (Å²) >= 11 is 6.06. The van der Waals surface area contributed by atoms with Gasteiger partial charge in [0, 0.05) is 18.1 Å². The lowest BCUT2D eigenvalue weighted by Crippen LogP contribution is -2.48. The van der Waals surface area contributed by atoms with Crippen molar-refractivity contribution in [3.63, 3.8) is 0 Å². The standard InChI is InChI=1S/C23H24ClN3O6.C7H17NO5/c1-14(2)32-23(31)19(28)13-27(25-22(30)20-11-21(29)26-33-20)12-15-6-8-16(9-7-15)17-4-3-5-18(24)10-17;1-8-2-4(10)6(12)7(13)5(11)3-9/h3-11,14,19,28H,12-13H2,1-2H3,(H,25,30)(H,26,29);4-13H,2-3H2,1H3/t19-;4-,5+,6+,7+/m10/s1. The fraction of sp³-hybridized carbons (Fsp3) is 0.433. The predicted octanol–water partition coefficient (Wildman–Crippen LogP) is -0.610. The molecule has 0 aliphatic heterocycles. The van der Waals surface area contributed by atoms with Gasteiger partial charge in [0.05, 0.1) is 31.4 Å². The summed E-state index contributed by atoms with van der Waals surface area (Å²) in [4.78, 5) is 35.7. The summed E-state index contributed by atoms with van der Waals surface area (Å²) in [5.41, 5.74) is 4.67. The van der Waals surface area contributed by atoms with Crippen molar-refractivity contribution < 1.29 is 49.5 Å². The molecule has 0 aliphatic carbocycles. The Labute approximate surface area is 269 Å². The van der Waals surface area contributed by atoms with Crippen LogP contribution in [0.1, 0.15) is 30.0 Å². The van der Waals surface area contributed by atoms with Gasteiger partial charge in [0.15, 0.2) is 6.10 Å². The molecule has 1 amide bonds. The Morgan fingerprint density at radius 3 is 2.17 bits per heavy atom. The average molecular weight is 669 g/mol. The van der Waals surface area contributed by atoms with E-state index in [0.29, 0.717) is 5.02 Å². The van der Waals surface area contributed by atoms with Crippen LogP contribution in [0.3, 0.4) is 0 Å². The van der Waals surface area contributed by atoms with Crippen LogP contribution in [0.15, 0.2) is 63.9 Å². The van der Waals surface area contributed by atoms with Crippen molar-refractivity contribution in [1.82, 2.24) is 20.9 Å². The van der Waals surface area contributed by atoms with Gasteiger partial charge in [-0.05, 0) is 49.7 Å². The van der Waals surface area contributed by atoms with Crippen LogP contribution in [0.5, 0.6) is 0 Å². The van der Waals surface area contributed by atoms with Gasteiger partial charge >= 0.3 is 11.9 Å². The molecule has 16 heteroatoms. The maximum Gasteiger partial charge on any atom is 0.336 e. The van der Waals surface area contributed by atoms with Crippen molar-refractivity contribution in [2.45, 2.75) is 57.0 Å². The van der Waals surface area contributed by atoms with Crippen LogP contribution in [0, 0.1) is 0 Å². The Morgan fingerprint density at radius 2 is 1.63 bits per heavy atom. The number of H-pyrrole nitrogens is 1. The second-order valence-electron chi connectivity index (χ2n) is 10.5. The van der Waals surface area contributed by atoms with Gasteiger partial charge in [-0.15, -0.1) is 0 Å². The van der Waals surface area contributed by atoms with E-state index in [2.05, 4.69) is 10.7 Å². The molecular weight excluding hydrogens is 628 g/mol. The van der Waals surface area contributed by atoms with Crippen LogP contribution in [0.25, 0.3) is 11.1 Å². The highest BCUT2D eigenvalue weighted by molar-refractivity contribution is 6.30. The van der Waals surface area contributed by atoms with Crippen LogP contribution in [0.2, 0.25) is 5.02 Å². The minimum Gasteiger partial charge on any atom is -0.461 e. The third kappa shape index (κ3) is 12.6. The predicted molar refractivity (Wildman–Crippen MR) is 166 cm³/mol. The van der Waals surface area contributed by atoms with Gasteiger partial charge in [0.2, 0.25) is 5.76 Å². The molecule has 2 aromatic carbocycles. The highest BCUT2D eigenvalue weighted by Gasteiger charge is 2.29. The molecule has 0 radical (unpaired) electrons. The summed E-state index contributed by atoms with van der Waals surface area (Å²) in [5.74, 6) is -1.76. The first-order valence-electron chi connectivity index (χ1n) is 14.2. The molecule has 46 heavy (non-hydrogen) atoms. The summed E-state index contributed by atoms with van der Waals surface area (Å²) < 4.78 is 9.84. The Hall–Kier alpha value is -3.64. The third-order valence-corrected chi connectivity index (χ3v) is 6.48. The SMILES string of the molecule is CC(C)OC(=O)[C@H](O)CN(Cc1ccc(-c2cccc(Cl)c2)cc1)NC(=O)c1cc(=O)[nH]o1.CNC[C@H](O)[C@@H](O)[C@H](O)[C@H](O)CO. The Balaban J connectivity index is 0.000000479. The van der Waals surface area contributed by atoms with Gasteiger partial charge in [-0.2, -0.15) is 5.16 Å². The number of aromatic amines is 1. The van der Waals surface area contributed by atoms with E-state index in [1.807, 2.05) is 47.6 Å². The molecule has 1 heterocycles. The largest absolute Gasteiger partial charge is 0.461 e. The number of nitrogens with zero attached hydrogens (tertiary/aromatic N) is 1. The normalized spacial score (nSPS) is 14.5.